The van der Waals surface area contributed by atoms with E-state index in [2.05, 4.69) is 10.6 Å². The molecule has 0 saturated carbocycles. The van der Waals surface area contributed by atoms with E-state index in [1.165, 1.54) is 24.3 Å². The molecule has 0 spiro atoms. The second kappa shape index (κ2) is 11.3. The maximum absolute atomic E-state index is 12.8. The van der Waals surface area contributed by atoms with Crippen molar-refractivity contribution in [2.75, 3.05) is 5.32 Å². The molecule has 0 bridgehead atoms. The number of non-ortho nitro benzene ring substituents is 1. The molecule has 0 aromatic heterocycles. The summed E-state index contributed by atoms with van der Waals surface area (Å²) in [6.07, 6.45) is 3.08. The van der Waals surface area contributed by atoms with Gasteiger partial charge < -0.3 is 16.4 Å². The first-order valence-electron chi connectivity index (χ1n) is 9.61. The first-order valence-corrected chi connectivity index (χ1v) is 9.61. The predicted octanol–water partition coefficient (Wildman–Crippen LogP) is 3.22. The fourth-order valence-electron chi connectivity index (χ4n) is 2.84. The highest BCUT2D eigenvalue weighted by molar-refractivity contribution is 6.01. The number of anilines is 1. The highest BCUT2D eigenvalue weighted by atomic mass is 16.6. The van der Waals surface area contributed by atoms with E-state index in [0.29, 0.717) is 30.5 Å². The van der Waals surface area contributed by atoms with E-state index in [1.54, 1.807) is 30.3 Å². The van der Waals surface area contributed by atoms with Crippen molar-refractivity contribution in [2.45, 2.75) is 38.1 Å². The number of nitrogens with zero attached hydrogens (tertiary/aromatic N) is 1. The molecular weight excluding hydrogens is 386 g/mol. The molecular formula is C21H25N5O4. The number of hydrogen-bond acceptors (Lipinski definition) is 5. The smallest absolute Gasteiger partial charge is 0.269 e. The van der Waals surface area contributed by atoms with Crippen LogP contribution in [0.1, 0.15) is 42.5 Å². The van der Waals surface area contributed by atoms with Gasteiger partial charge in [-0.3, -0.25) is 25.1 Å². The van der Waals surface area contributed by atoms with Crippen LogP contribution in [0, 0.1) is 15.5 Å². The Bertz CT molecular complexity index is 884. The van der Waals surface area contributed by atoms with Gasteiger partial charge in [-0.05, 0) is 37.1 Å². The van der Waals surface area contributed by atoms with Gasteiger partial charge in [-0.25, -0.2) is 0 Å². The molecule has 0 unspecified atom stereocenters. The second-order valence-corrected chi connectivity index (χ2v) is 6.81. The lowest BCUT2D eigenvalue weighted by atomic mass is 10.1. The van der Waals surface area contributed by atoms with Gasteiger partial charge in [-0.2, -0.15) is 0 Å². The van der Waals surface area contributed by atoms with Crippen molar-refractivity contribution in [1.29, 1.82) is 5.41 Å². The number of hydrogen-bond donors (Lipinski definition) is 4. The van der Waals surface area contributed by atoms with Gasteiger partial charge in [0.1, 0.15) is 6.04 Å². The molecule has 158 valence electrons. The average molecular weight is 411 g/mol. The Kier molecular flexibility index (Phi) is 8.49. The first-order chi connectivity index (χ1) is 14.4. The lowest BCUT2D eigenvalue weighted by molar-refractivity contribution is -0.384. The Morgan fingerprint density at radius 2 is 1.70 bits per heavy atom. The molecule has 0 radical (unpaired) electrons. The number of nitrogens with two attached hydrogens (primary N) is 1. The topological polar surface area (TPSA) is 151 Å². The fourth-order valence-corrected chi connectivity index (χ4v) is 2.84. The summed E-state index contributed by atoms with van der Waals surface area (Å²) in [5, 5.41) is 23.5. The number of rotatable bonds is 11. The van der Waals surface area contributed by atoms with E-state index in [1.807, 2.05) is 0 Å². The van der Waals surface area contributed by atoms with Crippen LogP contribution in [0.5, 0.6) is 0 Å². The molecule has 0 aliphatic heterocycles. The maximum atomic E-state index is 12.8. The van der Waals surface area contributed by atoms with E-state index in [9.17, 15) is 19.7 Å². The number of benzene rings is 2. The van der Waals surface area contributed by atoms with Crippen LogP contribution in [0.4, 0.5) is 11.4 Å². The molecule has 2 rings (SSSR count). The van der Waals surface area contributed by atoms with Crippen LogP contribution in [0.15, 0.2) is 54.6 Å². The van der Waals surface area contributed by atoms with Crippen LogP contribution in [0.2, 0.25) is 0 Å². The SMILES string of the molecule is N=C(N)CCCCC[C@H](NC(=O)c1ccccc1)C(=O)Nc1ccc([N+](=O)[O-])cc1. The Hall–Kier alpha value is -3.75. The number of carbonyl (C=O) groups is 2. The van der Waals surface area contributed by atoms with Gasteiger partial charge in [-0.15, -0.1) is 0 Å². The molecule has 2 aromatic carbocycles. The second-order valence-electron chi connectivity index (χ2n) is 6.81. The Morgan fingerprint density at radius 1 is 1.03 bits per heavy atom. The van der Waals surface area contributed by atoms with Crippen LogP contribution < -0.4 is 16.4 Å². The zero-order chi connectivity index (χ0) is 21.9. The fraction of sp³-hybridized carbons (Fsp3) is 0.286. The summed E-state index contributed by atoms with van der Waals surface area (Å²) in [5.74, 6) is -0.636. The van der Waals surface area contributed by atoms with E-state index < -0.39 is 16.9 Å². The summed E-state index contributed by atoms with van der Waals surface area (Å²) in [5.41, 5.74) is 6.12. The number of carbonyl (C=O) groups excluding carboxylic acids is 2. The Morgan fingerprint density at radius 3 is 2.30 bits per heavy atom. The summed E-state index contributed by atoms with van der Waals surface area (Å²) in [6.45, 7) is 0. The number of amides is 2. The molecule has 0 heterocycles. The minimum atomic E-state index is -0.773. The average Bonchev–Trinajstić information content (AvgIpc) is 2.73. The summed E-state index contributed by atoms with van der Waals surface area (Å²) in [6, 6.07) is 13.3. The van der Waals surface area contributed by atoms with Crippen molar-refractivity contribution in [3.05, 3.63) is 70.3 Å². The zero-order valence-electron chi connectivity index (χ0n) is 16.5. The van der Waals surface area contributed by atoms with Crippen molar-refractivity contribution >= 4 is 29.0 Å². The zero-order valence-corrected chi connectivity index (χ0v) is 16.5. The monoisotopic (exact) mass is 411 g/mol. The van der Waals surface area contributed by atoms with Crippen molar-refractivity contribution in [2.24, 2.45) is 5.73 Å². The minimum Gasteiger partial charge on any atom is -0.388 e. The summed E-state index contributed by atoms with van der Waals surface area (Å²) >= 11 is 0. The number of unbranched alkanes of at least 4 members (excludes halogenated alkanes) is 2. The molecule has 0 aliphatic rings. The third kappa shape index (κ3) is 7.34. The van der Waals surface area contributed by atoms with Gasteiger partial charge in [0.15, 0.2) is 0 Å². The van der Waals surface area contributed by atoms with Crippen LogP contribution in [0.25, 0.3) is 0 Å². The normalized spacial score (nSPS) is 11.3. The van der Waals surface area contributed by atoms with Crippen LogP contribution in [0.3, 0.4) is 0 Å². The number of amidine groups is 1. The quantitative estimate of drug-likeness (QED) is 0.147. The number of nitro benzene ring substituents is 1. The van der Waals surface area contributed by atoms with Crippen LogP contribution in [-0.2, 0) is 4.79 Å². The van der Waals surface area contributed by atoms with Gasteiger partial charge in [0.2, 0.25) is 5.91 Å². The number of nitrogens with one attached hydrogen (secondary N) is 3. The summed E-state index contributed by atoms with van der Waals surface area (Å²) in [7, 11) is 0. The van der Waals surface area contributed by atoms with Gasteiger partial charge >= 0.3 is 0 Å². The molecule has 0 saturated heterocycles. The van der Waals surface area contributed by atoms with Gasteiger partial charge in [-0.1, -0.05) is 31.0 Å². The third-order valence-electron chi connectivity index (χ3n) is 4.44. The molecule has 2 aromatic rings. The molecule has 9 nitrogen and oxygen atoms in total. The third-order valence-corrected chi connectivity index (χ3v) is 4.44. The lowest BCUT2D eigenvalue weighted by Gasteiger charge is -2.18. The largest absolute Gasteiger partial charge is 0.388 e. The molecule has 5 N–H and O–H groups in total. The predicted molar refractivity (Wildman–Crippen MR) is 114 cm³/mol. The van der Waals surface area contributed by atoms with Crippen molar-refractivity contribution in [1.82, 2.24) is 5.32 Å². The van der Waals surface area contributed by atoms with Crippen LogP contribution in [-0.4, -0.2) is 28.6 Å². The molecule has 30 heavy (non-hydrogen) atoms. The lowest BCUT2D eigenvalue weighted by Crippen LogP contribution is -2.43. The van der Waals surface area contributed by atoms with Gasteiger partial charge in [0.25, 0.3) is 11.6 Å². The molecule has 0 fully saturated rings. The van der Waals surface area contributed by atoms with Gasteiger partial charge in [0.05, 0.1) is 10.8 Å². The molecule has 1 atom stereocenters. The standard InChI is InChI=1S/C21H25N5O4/c22-19(23)10-6-2-5-9-18(25-20(27)15-7-3-1-4-8-15)21(28)24-16-11-13-17(14-12-16)26(29)30/h1,3-4,7-8,11-14,18H,2,5-6,9-10H2,(H3,22,23)(H,24,28)(H,25,27)/t18-/m0/s1. The van der Waals surface area contributed by atoms with Crippen LogP contribution >= 0.6 is 0 Å². The summed E-state index contributed by atoms with van der Waals surface area (Å²) < 4.78 is 0. The van der Waals surface area contributed by atoms with E-state index in [-0.39, 0.29) is 17.4 Å². The first kappa shape index (κ1) is 22.5. The van der Waals surface area contributed by atoms with E-state index in [4.69, 9.17) is 11.1 Å². The van der Waals surface area contributed by atoms with E-state index >= 15 is 0 Å². The molecule has 9 heteroatoms. The van der Waals surface area contributed by atoms with Crippen molar-refractivity contribution in [3.8, 4) is 0 Å². The highest BCUT2D eigenvalue weighted by Crippen LogP contribution is 2.16. The number of nitro groups is 1. The van der Waals surface area contributed by atoms with Crippen molar-refractivity contribution in [3.63, 3.8) is 0 Å². The summed E-state index contributed by atoms with van der Waals surface area (Å²) in [4.78, 5) is 35.5. The van der Waals surface area contributed by atoms with Gasteiger partial charge in [0, 0.05) is 29.8 Å². The molecule has 2 amide bonds. The minimum absolute atomic E-state index is 0.0765. The van der Waals surface area contributed by atoms with Crippen molar-refractivity contribution < 1.29 is 14.5 Å². The maximum Gasteiger partial charge on any atom is 0.269 e. The Balaban J connectivity index is 2.02. The molecule has 0 aliphatic carbocycles. The Labute approximate surface area is 174 Å². The van der Waals surface area contributed by atoms with E-state index in [0.717, 1.165) is 12.8 Å². The highest BCUT2D eigenvalue weighted by Gasteiger charge is 2.21.